The predicted molar refractivity (Wildman–Crippen MR) is 51.7 cm³/mol. The Hall–Kier alpha value is -0.410. The highest BCUT2D eigenvalue weighted by atomic mass is 79.9. The molecule has 0 N–H and O–H groups in total. The molecule has 0 spiro atoms. The smallest absolute Gasteiger partial charge is 0.124 e. The molecule has 58 valence electrons. The molecule has 0 bridgehead atoms. The van der Waals surface area contributed by atoms with Gasteiger partial charge < -0.3 is 4.79 Å². The Morgan fingerprint density at radius 2 is 2.45 bits per heavy atom. The summed E-state index contributed by atoms with van der Waals surface area (Å²) >= 11 is 4.93. The van der Waals surface area contributed by atoms with Gasteiger partial charge in [0.2, 0.25) is 0 Å². The number of aldehydes is 1. The van der Waals surface area contributed by atoms with E-state index in [0.717, 1.165) is 20.5 Å². The van der Waals surface area contributed by atoms with Crippen molar-refractivity contribution in [3.05, 3.63) is 27.4 Å². The van der Waals surface area contributed by atoms with Crippen LogP contribution in [-0.2, 0) is 4.79 Å². The normalized spacial score (nSPS) is 9.55. The van der Waals surface area contributed by atoms with Gasteiger partial charge in [0.05, 0.1) is 3.79 Å². The van der Waals surface area contributed by atoms with Gasteiger partial charge in [-0.15, -0.1) is 11.3 Å². The summed E-state index contributed by atoms with van der Waals surface area (Å²) in [6.07, 6.45) is 1.29. The molecule has 0 radical (unpaired) electrons. The highest BCUT2D eigenvalue weighted by Crippen LogP contribution is 2.27. The second kappa shape index (κ2) is 3.83. The van der Waals surface area contributed by atoms with Crippen LogP contribution in [0.15, 0.2) is 22.5 Å². The number of rotatable bonds is 3. The van der Waals surface area contributed by atoms with E-state index in [1.54, 1.807) is 11.3 Å². The van der Waals surface area contributed by atoms with Crippen LogP contribution in [0.2, 0.25) is 0 Å². The topological polar surface area (TPSA) is 17.1 Å². The van der Waals surface area contributed by atoms with Crippen molar-refractivity contribution in [3.63, 3.8) is 0 Å². The Morgan fingerprint density at radius 1 is 1.73 bits per heavy atom. The van der Waals surface area contributed by atoms with Crippen molar-refractivity contribution in [2.24, 2.45) is 0 Å². The van der Waals surface area contributed by atoms with Gasteiger partial charge in [-0.25, -0.2) is 0 Å². The molecule has 1 nitrogen and oxygen atoms in total. The summed E-state index contributed by atoms with van der Waals surface area (Å²) in [5.41, 5.74) is 0.885. The van der Waals surface area contributed by atoms with Crippen molar-refractivity contribution in [1.29, 1.82) is 0 Å². The van der Waals surface area contributed by atoms with Gasteiger partial charge in [-0.1, -0.05) is 6.58 Å². The highest BCUT2D eigenvalue weighted by Gasteiger charge is 2.00. The van der Waals surface area contributed by atoms with Crippen molar-refractivity contribution in [3.8, 4) is 0 Å². The summed E-state index contributed by atoms with van der Waals surface area (Å²) in [5, 5.41) is 0. The van der Waals surface area contributed by atoms with Crippen LogP contribution < -0.4 is 0 Å². The number of carbonyl (C=O) groups excluding carboxylic acids is 1. The molecule has 3 heteroatoms. The Bertz CT molecular complexity index is 277. The monoisotopic (exact) mass is 230 g/mol. The Morgan fingerprint density at radius 3 is 2.91 bits per heavy atom. The minimum atomic E-state index is 0.424. The fourth-order valence-electron chi connectivity index (χ4n) is 0.705. The van der Waals surface area contributed by atoms with Crippen LogP contribution in [0.1, 0.15) is 11.3 Å². The molecule has 1 aromatic rings. The van der Waals surface area contributed by atoms with Gasteiger partial charge in [0.25, 0.3) is 0 Å². The van der Waals surface area contributed by atoms with Crippen molar-refractivity contribution in [2.75, 3.05) is 0 Å². The van der Waals surface area contributed by atoms with Crippen molar-refractivity contribution in [2.45, 2.75) is 6.42 Å². The highest BCUT2D eigenvalue weighted by molar-refractivity contribution is 9.11. The second-order valence-corrected chi connectivity index (χ2v) is 4.54. The van der Waals surface area contributed by atoms with Crippen molar-refractivity contribution in [1.82, 2.24) is 0 Å². The molecule has 1 rings (SSSR count). The first-order valence-corrected chi connectivity index (χ1v) is 4.72. The molecule has 0 aliphatic carbocycles. The first kappa shape index (κ1) is 8.68. The number of allylic oxidation sites excluding steroid dienone is 1. The zero-order chi connectivity index (χ0) is 8.27. The van der Waals surface area contributed by atoms with Gasteiger partial charge in [0.1, 0.15) is 6.29 Å². The van der Waals surface area contributed by atoms with E-state index in [1.165, 1.54) is 0 Å². The van der Waals surface area contributed by atoms with E-state index in [-0.39, 0.29) is 0 Å². The van der Waals surface area contributed by atoms with Crippen molar-refractivity contribution < 1.29 is 4.79 Å². The first-order valence-electron chi connectivity index (χ1n) is 3.11. The first-order chi connectivity index (χ1) is 5.24. The predicted octanol–water partition coefficient (Wildman–Crippen LogP) is 3.11. The molecular weight excluding hydrogens is 224 g/mol. The van der Waals surface area contributed by atoms with Crippen LogP contribution in [0.3, 0.4) is 0 Å². The molecule has 0 aliphatic heterocycles. The second-order valence-electron chi connectivity index (χ2n) is 2.08. The van der Waals surface area contributed by atoms with E-state index >= 15 is 0 Å². The van der Waals surface area contributed by atoms with Gasteiger partial charge in [0.15, 0.2) is 0 Å². The average molecular weight is 231 g/mol. The maximum atomic E-state index is 10.1. The van der Waals surface area contributed by atoms with E-state index in [2.05, 4.69) is 22.5 Å². The molecule has 0 amide bonds. The Balaban J connectivity index is 2.76. The van der Waals surface area contributed by atoms with Crippen LogP contribution in [0, 0.1) is 0 Å². The number of hydrogen-bond acceptors (Lipinski definition) is 2. The van der Waals surface area contributed by atoms with E-state index in [1.807, 2.05) is 12.1 Å². The Kier molecular flexibility index (Phi) is 3.02. The molecule has 0 aliphatic rings. The van der Waals surface area contributed by atoms with Crippen LogP contribution in [0.25, 0.3) is 5.57 Å². The number of hydrogen-bond donors (Lipinski definition) is 0. The lowest BCUT2D eigenvalue weighted by Crippen LogP contribution is -1.77. The number of halogens is 1. The van der Waals surface area contributed by atoms with Gasteiger partial charge in [-0.05, 0) is 33.6 Å². The van der Waals surface area contributed by atoms with E-state index < -0.39 is 0 Å². The number of carbonyl (C=O) groups is 1. The largest absolute Gasteiger partial charge is 0.303 e. The fourth-order valence-corrected chi connectivity index (χ4v) is 2.07. The molecular formula is C8H7BrOS. The quantitative estimate of drug-likeness (QED) is 0.730. The fraction of sp³-hybridized carbons (Fsp3) is 0.125. The lowest BCUT2D eigenvalue weighted by molar-refractivity contribution is -0.107. The lowest BCUT2D eigenvalue weighted by Gasteiger charge is -1.93. The summed E-state index contributed by atoms with van der Waals surface area (Å²) in [5.74, 6) is 0. The molecule has 0 aromatic carbocycles. The minimum Gasteiger partial charge on any atom is -0.303 e. The average Bonchev–Trinajstić information content (AvgIpc) is 2.36. The summed E-state index contributed by atoms with van der Waals surface area (Å²) in [6.45, 7) is 3.79. The van der Waals surface area contributed by atoms with Crippen LogP contribution in [0.5, 0.6) is 0 Å². The minimum absolute atomic E-state index is 0.424. The summed E-state index contributed by atoms with van der Waals surface area (Å²) in [6, 6.07) is 3.91. The Labute approximate surface area is 77.9 Å². The zero-order valence-electron chi connectivity index (χ0n) is 5.84. The van der Waals surface area contributed by atoms with E-state index in [0.29, 0.717) is 6.42 Å². The van der Waals surface area contributed by atoms with Gasteiger partial charge in [-0.3, -0.25) is 0 Å². The molecule has 0 saturated heterocycles. The van der Waals surface area contributed by atoms with Crippen LogP contribution >= 0.6 is 27.3 Å². The third kappa shape index (κ3) is 2.27. The standard InChI is InChI=1S/C8H7BrOS/c1-6(4-5-10)7-2-3-8(9)11-7/h2-3,5H,1,4H2. The molecule has 1 heterocycles. The third-order valence-corrected chi connectivity index (χ3v) is 2.98. The van der Waals surface area contributed by atoms with Gasteiger partial charge in [-0.2, -0.15) is 0 Å². The van der Waals surface area contributed by atoms with Crippen LogP contribution in [-0.4, -0.2) is 6.29 Å². The SMILES string of the molecule is C=C(CC=O)c1ccc(Br)s1. The molecule has 0 atom stereocenters. The zero-order valence-corrected chi connectivity index (χ0v) is 8.24. The summed E-state index contributed by atoms with van der Waals surface area (Å²) < 4.78 is 1.07. The molecule has 0 unspecified atom stereocenters. The maximum Gasteiger partial charge on any atom is 0.124 e. The van der Waals surface area contributed by atoms with Crippen LogP contribution in [0.4, 0.5) is 0 Å². The number of thiophene rings is 1. The van der Waals surface area contributed by atoms with E-state index in [4.69, 9.17) is 0 Å². The third-order valence-electron chi connectivity index (χ3n) is 1.25. The molecule has 1 aromatic heterocycles. The molecule has 0 saturated carbocycles. The molecule has 0 fully saturated rings. The van der Waals surface area contributed by atoms with Gasteiger partial charge in [0, 0.05) is 11.3 Å². The van der Waals surface area contributed by atoms with Gasteiger partial charge >= 0.3 is 0 Å². The summed E-state index contributed by atoms with van der Waals surface area (Å²) in [4.78, 5) is 11.2. The van der Waals surface area contributed by atoms with E-state index in [9.17, 15) is 4.79 Å². The van der Waals surface area contributed by atoms with Crippen molar-refractivity contribution >= 4 is 39.1 Å². The maximum absolute atomic E-state index is 10.1. The molecule has 11 heavy (non-hydrogen) atoms. The lowest BCUT2D eigenvalue weighted by atomic mass is 10.2. The summed E-state index contributed by atoms with van der Waals surface area (Å²) in [7, 11) is 0.